The number of hydrogen-bond acceptors (Lipinski definition) is 5. The van der Waals surface area contributed by atoms with Crippen LogP contribution in [0, 0.1) is 5.92 Å². The van der Waals surface area contributed by atoms with Gasteiger partial charge in [-0.1, -0.05) is 32.9 Å². The van der Waals surface area contributed by atoms with Gasteiger partial charge in [0.1, 0.15) is 18.0 Å². The fraction of sp³-hybridized carbons (Fsp3) is 0.483. The number of nitrogens with one attached hydrogen (secondary N) is 1. The summed E-state index contributed by atoms with van der Waals surface area (Å²) in [5.41, 5.74) is 11.4. The molecular formula is C29H37N3O4. The van der Waals surface area contributed by atoms with Crippen molar-refractivity contribution in [2.45, 2.75) is 71.1 Å². The third kappa shape index (κ3) is 4.89. The van der Waals surface area contributed by atoms with Crippen molar-refractivity contribution in [2.24, 2.45) is 5.92 Å². The second kappa shape index (κ2) is 10.4. The van der Waals surface area contributed by atoms with E-state index in [0.717, 1.165) is 65.9 Å². The molecule has 2 atom stereocenters. The van der Waals surface area contributed by atoms with Crippen LogP contribution >= 0.6 is 0 Å². The van der Waals surface area contributed by atoms with Crippen LogP contribution in [-0.4, -0.2) is 36.1 Å². The summed E-state index contributed by atoms with van der Waals surface area (Å²) >= 11 is 0. The molecule has 192 valence electrons. The van der Waals surface area contributed by atoms with E-state index in [1.54, 1.807) is 0 Å². The molecule has 0 radical (unpaired) electrons. The lowest BCUT2D eigenvalue weighted by Crippen LogP contribution is -2.26. The summed E-state index contributed by atoms with van der Waals surface area (Å²) in [5.74, 6) is 1.13. The van der Waals surface area contributed by atoms with Crippen molar-refractivity contribution in [3.8, 4) is 17.0 Å². The molecule has 1 aliphatic carbocycles. The predicted molar refractivity (Wildman–Crippen MR) is 144 cm³/mol. The van der Waals surface area contributed by atoms with Crippen molar-refractivity contribution in [3.05, 3.63) is 42.5 Å². The van der Waals surface area contributed by atoms with Gasteiger partial charge in [-0.05, 0) is 55.9 Å². The van der Waals surface area contributed by atoms with Crippen molar-refractivity contribution >= 4 is 28.4 Å². The molecule has 2 aliphatic rings. The number of anilines is 2. The Morgan fingerprint density at radius 3 is 2.56 bits per heavy atom. The van der Waals surface area contributed by atoms with E-state index in [1.165, 1.54) is 6.42 Å². The lowest BCUT2D eigenvalue weighted by molar-refractivity contribution is 0.0797. The van der Waals surface area contributed by atoms with E-state index in [4.69, 9.17) is 19.9 Å². The zero-order valence-corrected chi connectivity index (χ0v) is 21.5. The maximum atomic E-state index is 12.4. The molecule has 1 amide bonds. The third-order valence-corrected chi connectivity index (χ3v) is 7.45. The largest absolute Gasteiger partial charge is 0.488 e. The molecule has 3 N–H and O–H groups in total. The number of nitrogens with two attached hydrogens (primary N) is 1. The zero-order valence-electron chi connectivity index (χ0n) is 21.5. The lowest BCUT2D eigenvalue weighted by atomic mass is 9.92. The van der Waals surface area contributed by atoms with Crippen molar-refractivity contribution in [2.75, 3.05) is 24.3 Å². The molecule has 2 heterocycles. The number of ether oxygens (including phenoxy) is 3. The minimum absolute atomic E-state index is 0.0997. The smallest absolute Gasteiger partial charge is 0.411 e. The molecule has 0 spiro atoms. The van der Waals surface area contributed by atoms with Crippen LogP contribution in [0.3, 0.4) is 0 Å². The zero-order chi connectivity index (χ0) is 25.2. The molecule has 7 heteroatoms. The first-order valence-corrected chi connectivity index (χ1v) is 13.2. The number of carbonyl (C=O) groups is 1. The highest BCUT2D eigenvalue weighted by Gasteiger charge is 2.27. The molecular weight excluding hydrogens is 454 g/mol. The number of nitrogens with zero attached hydrogens (tertiary/aromatic N) is 1. The Hall–Kier alpha value is -3.19. The Labute approximate surface area is 212 Å². The second-order valence-electron chi connectivity index (χ2n) is 10.3. The van der Waals surface area contributed by atoms with E-state index in [1.807, 2.05) is 37.3 Å². The summed E-state index contributed by atoms with van der Waals surface area (Å²) in [6.45, 7) is 7.53. The van der Waals surface area contributed by atoms with Crippen molar-refractivity contribution in [3.63, 3.8) is 0 Å². The van der Waals surface area contributed by atoms with Crippen molar-refractivity contribution in [1.82, 2.24) is 4.57 Å². The highest BCUT2D eigenvalue weighted by Crippen LogP contribution is 2.45. The first-order valence-electron chi connectivity index (χ1n) is 13.2. The van der Waals surface area contributed by atoms with Crippen molar-refractivity contribution in [1.29, 1.82) is 0 Å². The summed E-state index contributed by atoms with van der Waals surface area (Å²) in [4.78, 5) is 12.4. The maximum absolute atomic E-state index is 12.4. The van der Waals surface area contributed by atoms with E-state index in [2.05, 4.69) is 35.9 Å². The number of aromatic nitrogens is 1. The summed E-state index contributed by atoms with van der Waals surface area (Å²) in [6, 6.07) is 14.5. The predicted octanol–water partition coefficient (Wildman–Crippen LogP) is 6.77. The van der Waals surface area contributed by atoms with Gasteiger partial charge >= 0.3 is 6.09 Å². The van der Waals surface area contributed by atoms with Gasteiger partial charge in [0.2, 0.25) is 0 Å². The Morgan fingerprint density at radius 1 is 1.17 bits per heavy atom. The molecule has 1 saturated heterocycles. The minimum Gasteiger partial charge on any atom is -0.488 e. The van der Waals surface area contributed by atoms with E-state index < -0.39 is 6.09 Å². The molecule has 5 rings (SSSR count). The van der Waals surface area contributed by atoms with E-state index in [9.17, 15) is 4.79 Å². The van der Waals surface area contributed by atoms with Gasteiger partial charge in [-0.15, -0.1) is 0 Å². The van der Waals surface area contributed by atoms with Gasteiger partial charge in [-0.25, -0.2) is 4.79 Å². The summed E-state index contributed by atoms with van der Waals surface area (Å²) < 4.78 is 19.6. The van der Waals surface area contributed by atoms with Crippen LogP contribution in [0.15, 0.2) is 42.5 Å². The number of rotatable bonds is 8. The molecule has 1 aliphatic heterocycles. The highest BCUT2D eigenvalue weighted by atomic mass is 16.6. The number of nitrogen functional groups attached to an aromatic ring is 1. The van der Waals surface area contributed by atoms with E-state index in [0.29, 0.717) is 18.3 Å². The number of amides is 1. The van der Waals surface area contributed by atoms with Crippen LogP contribution in [0.1, 0.15) is 58.9 Å². The fourth-order valence-corrected chi connectivity index (χ4v) is 5.19. The monoisotopic (exact) mass is 491 g/mol. The van der Waals surface area contributed by atoms with Crippen LogP contribution in [0.5, 0.6) is 5.75 Å². The van der Waals surface area contributed by atoms with Crippen LogP contribution in [0.2, 0.25) is 0 Å². The molecule has 2 aromatic carbocycles. The quantitative estimate of drug-likeness (QED) is 0.363. The molecule has 0 bridgehead atoms. The molecule has 1 aromatic heterocycles. The summed E-state index contributed by atoms with van der Waals surface area (Å²) in [6.07, 6.45) is 4.78. The van der Waals surface area contributed by atoms with Crippen LogP contribution in [0.4, 0.5) is 16.2 Å². The van der Waals surface area contributed by atoms with E-state index >= 15 is 0 Å². The van der Waals surface area contributed by atoms with Gasteiger partial charge in [0.15, 0.2) is 0 Å². The van der Waals surface area contributed by atoms with Gasteiger partial charge in [-0.2, -0.15) is 0 Å². The molecule has 2 fully saturated rings. The first-order chi connectivity index (χ1) is 17.4. The normalized spacial score (nSPS) is 18.8. The number of fused-ring (bicyclic) bond motifs is 1. The second-order valence-corrected chi connectivity index (χ2v) is 10.3. The Morgan fingerprint density at radius 2 is 1.94 bits per heavy atom. The highest BCUT2D eigenvalue weighted by molar-refractivity contribution is 6.01. The van der Waals surface area contributed by atoms with Crippen LogP contribution in [-0.2, 0) is 9.47 Å². The average Bonchev–Trinajstić information content (AvgIpc) is 3.43. The molecule has 7 nitrogen and oxygen atoms in total. The SMILES string of the molecule is CCC(OC(=O)Nc1ccc(-c2c(N)c3ccc(OC4CCOC4)cc3n2C2CCC2)cc1)C(C)C. The summed E-state index contributed by atoms with van der Waals surface area (Å²) in [7, 11) is 0. The minimum atomic E-state index is -0.424. The Balaban J connectivity index is 1.42. The first kappa shape index (κ1) is 24.5. The van der Waals surface area contributed by atoms with Gasteiger partial charge in [0.05, 0.1) is 30.1 Å². The standard InChI is InChI=1S/C29H37N3O4/c1-4-26(18(2)3)36-29(33)31-20-10-8-19(9-11-20)28-27(30)24-13-12-22(35-23-14-15-34-17-23)16-25(24)32(28)21-6-5-7-21/h8-13,16,18,21,23,26H,4-7,14-15,17,30H2,1-3H3,(H,31,33). The number of hydrogen-bond donors (Lipinski definition) is 2. The van der Waals surface area contributed by atoms with Crippen molar-refractivity contribution < 1.29 is 19.0 Å². The molecule has 1 saturated carbocycles. The third-order valence-electron chi connectivity index (χ3n) is 7.45. The van der Waals surface area contributed by atoms with Gasteiger partial charge in [0, 0.05) is 35.2 Å². The topological polar surface area (TPSA) is 87.7 Å². The number of benzene rings is 2. The Kier molecular flexibility index (Phi) is 7.10. The Bertz CT molecular complexity index is 1210. The van der Waals surface area contributed by atoms with Gasteiger partial charge < -0.3 is 24.5 Å². The number of carbonyl (C=O) groups excluding carboxylic acids is 1. The van der Waals surface area contributed by atoms with Crippen LogP contribution in [0.25, 0.3) is 22.2 Å². The fourth-order valence-electron chi connectivity index (χ4n) is 5.19. The van der Waals surface area contributed by atoms with Gasteiger partial charge in [-0.3, -0.25) is 5.32 Å². The summed E-state index contributed by atoms with van der Waals surface area (Å²) in [5, 5.41) is 3.90. The molecule has 3 aromatic rings. The van der Waals surface area contributed by atoms with E-state index in [-0.39, 0.29) is 18.1 Å². The van der Waals surface area contributed by atoms with Crippen LogP contribution < -0.4 is 15.8 Å². The molecule has 36 heavy (non-hydrogen) atoms. The lowest BCUT2D eigenvalue weighted by Gasteiger charge is -2.30. The maximum Gasteiger partial charge on any atom is 0.411 e. The average molecular weight is 492 g/mol. The molecule has 2 unspecified atom stereocenters. The van der Waals surface area contributed by atoms with Gasteiger partial charge in [0.25, 0.3) is 0 Å².